The molecule has 0 spiro atoms. The van der Waals surface area contributed by atoms with Crippen LogP contribution in [0, 0.1) is 0 Å². The number of allylic oxidation sites excluding steroid dienone is 1. The second kappa shape index (κ2) is 11.8. The monoisotopic (exact) mass is 432 g/mol. The molecule has 0 atom stereocenters. The van der Waals surface area contributed by atoms with E-state index in [1.807, 2.05) is 73.3 Å². The number of aryl methyl sites for hydroxylation is 1. The van der Waals surface area contributed by atoms with Crippen LogP contribution >= 0.6 is 0 Å². The molecule has 6 nitrogen and oxygen atoms in total. The molecule has 2 aromatic carbocycles. The van der Waals surface area contributed by atoms with Gasteiger partial charge in [0.2, 0.25) is 11.8 Å². The number of anilines is 1. The lowest BCUT2D eigenvalue weighted by atomic mass is 10.2. The molecule has 3 rings (SSSR count). The smallest absolute Gasteiger partial charge is 0.246 e. The molecule has 0 bridgehead atoms. The van der Waals surface area contributed by atoms with Gasteiger partial charge in [-0.15, -0.1) is 0 Å². The van der Waals surface area contributed by atoms with Crippen molar-refractivity contribution in [1.29, 1.82) is 0 Å². The van der Waals surface area contributed by atoms with Gasteiger partial charge >= 0.3 is 0 Å². The van der Waals surface area contributed by atoms with E-state index >= 15 is 0 Å². The van der Waals surface area contributed by atoms with E-state index in [4.69, 9.17) is 4.98 Å². The molecule has 3 aromatic rings. The average molecular weight is 433 g/mol. The number of para-hydroxylation sites is 3. The second-order valence-corrected chi connectivity index (χ2v) is 7.68. The minimum Gasteiger partial charge on any atom is -0.353 e. The van der Waals surface area contributed by atoms with Crippen LogP contribution in [0.15, 0.2) is 66.7 Å². The van der Waals surface area contributed by atoms with Gasteiger partial charge in [-0.25, -0.2) is 4.98 Å². The van der Waals surface area contributed by atoms with Crippen molar-refractivity contribution in [2.75, 3.05) is 18.0 Å². The Morgan fingerprint density at radius 2 is 1.78 bits per heavy atom. The summed E-state index contributed by atoms with van der Waals surface area (Å²) in [7, 11) is 0. The van der Waals surface area contributed by atoms with Crippen molar-refractivity contribution in [3.05, 3.63) is 72.6 Å². The Morgan fingerprint density at radius 1 is 1.03 bits per heavy atom. The van der Waals surface area contributed by atoms with Crippen LogP contribution in [0.2, 0.25) is 0 Å². The van der Waals surface area contributed by atoms with Gasteiger partial charge in [0, 0.05) is 25.2 Å². The number of fused-ring (bicyclic) bond motifs is 1. The van der Waals surface area contributed by atoms with Gasteiger partial charge in [-0.2, -0.15) is 0 Å². The zero-order valence-electron chi connectivity index (χ0n) is 19.0. The first-order valence-corrected chi connectivity index (χ1v) is 11.3. The number of unbranched alkanes of at least 4 members (excludes halogenated alkanes) is 2. The number of imidazole rings is 1. The third-order valence-electron chi connectivity index (χ3n) is 5.41. The van der Waals surface area contributed by atoms with Crippen molar-refractivity contribution < 1.29 is 9.59 Å². The molecule has 2 amide bonds. The quantitative estimate of drug-likeness (QED) is 0.358. The highest BCUT2D eigenvalue weighted by molar-refractivity contribution is 5.94. The number of amides is 2. The van der Waals surface area contributed by atoms with Crippen molar-refractivity contribution in [3.63, 3.8) is 0 Å². The highest BCUT2D eigenvalue weighted by Gasteiger charge is 2.18. The molecule has 0 aliphatic rings. The maximum atomic E-state index is 13.2. The first kappa shape index (κ1) is 23.3. The third kappa shape index (κ3) is 6.06. The van der Waals surface area contributed by atoms with Crippen molar-refractivity contribution in [2.45, 2.75) is 46.1 Å². The summed E-state index contributed by atoms with van der Waals surface area (Å²) in [5, 5.41) is 2.88. The summed E-state index contributed by atoms with van der Waals surface area (Å²) in [5.74, 6) is 0.933. The molecule has 0 radical (unpaired) electrons. The summed E-state index contributed by atoms with van der Waals surface area (Å²) in [6, 6.07) is 17.7. The van der Waals surface area contributed by atoms with E-state index in [-0.39, 0.29) is 18.4 Å². The number of hydrogen-bond acceptors (Lipinski definition) is 3. The van der Waals surface area contributed by atoms with Crippen LogP contribution < -0.4 is 10.2 Å². The van der Waals surface area contributed by atoms with Crippen molar-refractivity contribution in [3.8, 4) is 0 Å². The van der Waals surface area contributed by atoms with Crippen LogP contribution in [0.1, 0.15) is 38.9 Å². The van der Waals surface area contributed by atoms with E-state index in [2.05, 4.69) is 9.88 Å². The number of rotatable bonds is 11. The zero-order valence-corrected chi connectivity index (χ0v) is 19.0. The molecule has 1 N–H and O–H groups in total. The Labute approximate surface area is 189 Å². The van der Waals surface area contributed by atoms with Crippen molar-refractivity contribution >= 4 is 28.5 Å². The molecule has 6 heteroatoms. The highest BCUT2D eigenvalue weighted by atomic mass is 16.2. The summed E-state index contributed by atoms with van der Waals surface area (Å²) in [6.07, 6.45) is 6.92. The summed E-state index contributed by atoms with van der Waals surface area (Å²) in [5.41, 5.74) is 2.81. The maximum absolute atomic E-state index is 13.2. The van der Waals surface area contributed by atoms with Gasteiger partial charge in [-0.1, -0.05) is 42.8 Å². The van der Waals surface area contributed by atoms with Gasteiger partial charge in [0.25, 0.3) is 0 Å². The number of hydrogen-bond donors (Lipinski definition) is 1. The molecule has 32 heavy (non-hydrogen) atoms. The number of carbonyl (C=O) groups is 2. The van der Waals surface area contributed by atoms with Crippen molar-refractivity contribution in [2.24, 2.45) is 0 Å². The van der Waals surface area contributed by atoms with Gasteiger partial charge in [0.1, 0.15) is 12.4 Å². The van der Waals surface area contributed by atoms with Gasteiger partial charge in [0.05, 0.1) is 11.0 Å². The molecule has 0 fully saturated rings. The van der Waals surface area contributed by atoms with E-state index in [1.54, 1.807) is 6.08 Å². The van der Waals surface area contributed by atoms with Gasteiger partial charge in [-0.3, -0.25) is 9.59 Å². The molecule has 0 unspecified atom stereocenters. The van der Waals surface area contributed by atoms with Crippen LogP contribution in [0.5, 0.6) is 0 Å². The molecular weight excluding hydrogens is 400 g/mol. The molecule has 168 valence electrons. The Morgan fingerprint density at radius 3 is 2.53 bits per heavy atom. The van der Waals surface area contributed by atoms with Gasteiger partial charge in [-0.05, 0) is 57.0 Å². The average Bonchev–Trinajstić information content (AvgIpc) is 3.15. The number of aromatic nitrogens is 2. The molecule has 1 heterocycles. The molecular formula is C26H32N4O2. The Bertz CT molecular complexity index is 1060. The summed E-state index contributed by atoms with van der Waals surface area (Å²) in [4.78, 5) is 31.3. The Kier molecular flexibility index (Phi) is 8.61. The normalized spacial score (nSPS) is 11.2. The zero-order chi connectivity index (χ0) is 22.8. The van der Waals surface area contributed by atoms with Gasteiger partial charge < -0.3 is 14.8 Å². The lowest BCUT2D eigenvalue weighted by molar-refractivity contribution is -0.119. The first-order chi connectivity index (χ1) is 15.6. The minimum atomic E-state index is -0.0494. The van der Waals surface area contributed by atoms with Crippen LogP contribution in [0.25, 0.3) is 11.0 Å². The van der Waals surface area contributed by atoms with Crippen LogP contribution in [-0.2, 0) is 22.6 Å². The Balaban J connectivity index is 1.66. The fraction of sp³-hybridized carbons (Fsp3) is 0.346. The second-order valence-electron chi connectivity index (χ2n) is 7.68. The third-order valence-corrected chi connectivity index (χ3v) is 5.41. The molecule has 0 aliphatic carbocycles. The van der Waals surface area contributed by atoms with Crippen molar-refractivity contribution in [1.82, 2.24) is 14.9 Å². The molecule has 0 saturated heterocycles. The summed E-state index contributed by atoms with van der Waals surface area (Å²) in [6.45, 7) is 5.37. The molecule has 0 saturated carbocycles. The lowest BCUT2D eigenvalue weighted by Crippen LogP contribution is -2.34. The van der Waals surface area contributed by atoms with Gasteiger partial charge in [0.15, 0.2) is 0 Å². The molecule has 0 aliphatic heterocycles. The lowest BCUT2D eigenvalue weighted by Gasteiger charge is -2.22. The maximum Gasteiger partial charge on any atom is 0.246 e. The number of nitrogens with zero attached hydrogens (tertiary/aromatic N) is 3. The van der Waals surface area contributed by atoms with E-state index in [0.717, 1.165) is 48.2 Å². The standard InChI is InChI=1S/C26H32N4O2/c1-3-13-25(31)27-19-12-6-9-18-24-28-22-16-10-11-17-23(22)30(24)20-26(32)29(4-2)21-14-7-5-8-15-21/h3,5,7-8,10-11,13-17H,4,6,9,12,18-20H2,1-2H3,(H,27,31)/b13-3+. The van der Waals surface area contributed by atoms with Crippen LogP contribution in [0.4, 0.5) is 5.69 Å². The minimum absolute atomic E-state index is 0.0494. The number of benzene rings is 2. The topological polar surface area (TPSA) is 67.2 Å². The molecule has 1 aromatic heterocycles. The van der Waals surface area contributed by atoms with E-state index in [1.165, 1.54) is 6.08 Å². The van der Waals surface area contributed by atoms with Crippen LogP contribution in [-0.4, -0.2) is 34.5 Å². The predicted molar refractivity (Wildman–Crippen MR) is 130 cm³/mol. The summed E-state index contributed by atoms with van der Waals surface area (Å²) < 4.78 is 2.05. The fourth-order valence-electron chi connectivity index (χ4n) is 3.83. The van der Waals surface area contributed by atoms with E-state index in [9.17, 15) is 9.59 Å². The number of nitrogens with one attached hydrogen (secondary N) is 1. The largest absolute Gasteiger partial charge is 0.353 e. The number of carbonyl (C=O) groups excluding carboxylic acids is 2. The first-order valence-electron chi connectivity index (χ1n) is 11.3. The van der Waals surface area contributed by atoms with E-state index in [0.29, 0.717) is 13.1 Å². The predicted octanol–water partition coefficient (Wildman–Crippen LogP) is 4.49. The number of likely N-dealkylation sites (N-methyl/N-ethyl adjacent to an activating group) is 1. The fourth-order valence-corrected chi connectivity index (χ4v) is 3.83. The van der Waals surface area contributed by atoms with Crippen LogP contribution in [0.3, 0.4) is 0 Å². The summed E-state index contributed by atoms with van der Waals surface area (Å²) >= 11 is 0. The Hall–Kier alpha value is -3.41. The SMILES string of the molecule is C/C=C/C(=O)NCCCCCc1nc2ccccc2n1CC(=O)N(CC)c1ccccc1. The highest BCUT2D eigenvalue weighted by Crippen LogP contribution is 2.20. The van der Waals surface area contributed by atoms with E-state index < -0.39 is 0 Å².